The minimum absolute atomic E-state index is 0.367. The van der Waals surface area contributed by atoms with Crippen molar-refractivity contribution in [3.63, 3.8) is 0 Å². The first-order valence-electron chi connectivity index (χ1n) is 8.66. The van der Waals surface area contributed by atoms with E-state index in [1.54, 1.807) is 0 Å². The lowest BCUT2D eigenvalue weighted by Gasteiger charge is -2.57. The van der Waals surface area contributed by atoms with Gasteiger partial charge in [-0.15, -0.1) is 6.58 Å². The summed E-state index contributed by atoms with van der Waals surface area (Å²) in [5.41, 5.74) is 5.12. The first-order chi connectivity index (χ1) is 9.31. The van der Waals surface area contributed by atoms with Crippen molar-refractivity contribution in [2.75, 3.05) is 0 Å². The van der Waals surface area contributed by atoms with Gasteiger partial charge in [0.25, 0.3) is 0 Å². The van der Waals surface area contributed by atoms with E-state index in [-0.39, 0.29) is 0 Å². The summed E-state index contributed by atoms with van der Waals surface area (Å²) in [6.07, 6.45) is 13.2. The zero-order valence-corrected chi connectivity index (χ0v) is 14.0. The SMILES string of the molecule is C=CC1(C)CCC2=C(CCC3C(C)(C)CCCC23C)C1. The second-order valence-corrected chi connectivity index (χ2v) is 8.97. The Labute approximate surface area is 125 Å². The molecule has 3 atom stereocenters. The molecule has 20 heavy (non-hydrogen) atoms. The van der Waals surface area contributed by atoms with Gasteiger partial charge in [0.15, 0.2) is 0 Å². The van der Waals surface area contributed by atoms with Gasteiger partial charge in [0.05, 0.1) is 0 Å². The molecule has 0 aromatic heterocycles. The first kappa shape index (κ1) is 14.4. The van der Waals surface area contributed by atoms with Crippen LogP contribution in [-0.4, -0.2) is 0 Å². The maximum absolute atomic E-state index is 4.09. The van der Waals surface area contributed by atoms with Crippen LogP contribution in [0.4, 0.5) is 0 Å². The second-order valence-electron chi connectivity index (χ2n) is 8.97. The summed E-state index contributed by atoms with van der Waals surface area (Å²) in [5, 5.41) is 0. The van der Waals surface area contributed by atoms with Crippen LogP contribution in [0.5, 0.6) is 0 Å². The number of rotatable bonds is 1. The van der Waals surface area contributed by atoms with Gasteiger partial charge >= 0.3 is 0 Å². The summed E-state index contributed by atoms with van der Waals surface area (Å²) in [7, 11) is 0. The van der Waals surface area contributed by atoms with Crippen LogP contribution in [0.25, 0.3) is 0 Å². The summed E-state index contributed by atoms with van der Waals surface area (Å²) >= 11 is 0. The minimum atomic E-state index is 0.367. The predicted octanol–water partition coefficient (Wildman–Crippen LogP) is 6.29. The molecule has 0 bridgehead atoms. The quantitative estimate of drug-likeness (QED) is 0.492. The lowest BCUT2D eigenvalue weighted by Crippen LogP contribution is -2.46. The fraction of sp³-hybridized carbons (Fsp3) is 0.800. The van der Waals surface area contributed by atoms with Crippen molar-refractivity contribution in [3.8, 4) is 0 Å². The van der Waals surface area contributed by atoms with Crippen molar-refractivity contribution in [3.05, 3.63) is 23.8 Å². The van der Waals surface area contributed by atoms with Gasteiger partial charge in [-0.3, -0.25) is 0 Å². The zero-order chi connectivity index (χ0) is 14.6. The molecule has 0 spiro atoms. The Kier molecular flexibility index (Phi) is 3.23. The van der Waals surface area contributed by atoms with E-state index in [1.807, 2.05) is 11.1 Å². The summed E-state index contributed by atoms with van der Waals surface area (Å²) in [4.78, 5) is 0. The Bertz CT molecular complexity index is 453. The monoisotopic (exact) mass is 272 g/mol. The van der Waals surface area contributed by atoms with Crippen molar-refractivity contribution in [1.29, 1.82) is 0 Å². The van der Waals surface area contributed by atoms with E-state index in [9.17, 15) is 0 Å². The standard InChI is InChI=1S/C20H32/c1-6-19(4)13-10-16-15(14-19)8-9-17-18(2,3)11-7-12-20(16,17)5/h6,17H,1,7-14H2,2-5H3. The van der Waals surface area contributed by atoms with E-state index in [4.69, 9.17) is 0 Å². The molecule has 3 aliphatic rings. The van der Waals surface area contributed by atoms with Crippen LogP contribution in [0.3, 0.4) is 0 Å². The lowest BCUT2D eigenvalue weighted by molar-refractivity contribution is 0.00583. The third kappa shape index (κ3) is 2.02. The van der Waals surface area contributed by atoms with Gasteiger partial charge in [0, 0.05) is 0 Å². The topological polar surface area (TPSA) is 0 Å². The van der Waals surface area contributed by atoms with Crippen LogP contribution in [-0.2, 0) is 0 Å². The van der Waals surface area contributed by atoms with E-state index in [0.717, 1.165) is 5.92 Å². The molecule has 1 saturated carbocycles. The summed E-state index contributed by atoms with van der Waals surface area (Å²) in [6, 6.07) is 0. The molecule has 3 aliphatic carbocycles. The molecule has 0 aromatic carbocycles. The molecule has 0 N–H and O–H groups in total. The molecule has 0 heterocycles. The maximum Gasteiger partial charge on any atom is -0.00803 e. The van der Waals surface area contributed by atoms with Crippen LogP contribution >= 0.6 is 0 Å². The van der Waals surface area contributed by atoms with Crippen molar-refractivity contribution >= 4 is 0 Å². The van der Waals surface area contributed by atoms with Crippen LogP contribution in [0.1, 0.15) is 79.1 Å². The second kappa shape index (κ2) is 4.49. The highest BCUT2D eigenvalue weighted by molar-refractivity contribution is 5.32. The zero-order valence-electron chi connectivity index (χ0n) is 14.0. The van der Waals surface area contributed by atoms with Crippen LogP contribution in [0.15, 0.2) is 23.8 Å². The number of hydrogen-bond acceptors (Lipinski definition) is 0. The van der Waals surface area contributed by atoms with Gasteiger partial charge in [0.2, 0.25) is 0 Å². The summed E-state index contributed by atoms with van der Waals surface area (Å²) in [5.74, 6) is 0.913. The van der Waals surface area contributed by atoms with E-state index in [1.165, 1.54) is 51.4 Å². The fourth-order valence-corrected chi connectivity index (χ4v) is 5.88. The first-order valence-corrected chi connectivity index (χ1v) is 8.66. The Morgan fingerprint density at radius 2 is 1.80 bits per heavy atom. The molecule has 3 rings (SSSR count). The molecule has 112 valence electrons. The van der Waals surface area contributed by atoms with Crippen LogP contribution in [0.2, 0.25) is 0 Å². The van der Waals surface area contributed by atoms with E-state index >= 15 is 0 Å². The largest absolute Gasteiger partial charge is 0.103 e. The van der Waals surface area contributed by atoms with Gasteiger partial charge < -0.3 is 0 Å². The molecular weight excluding hydrogens is 240 g/mol. The average Bonchev–Trinajstić information content (AvgIpc) is 2.37. The van der Waals surface area contributed by atoms with Gasteiger partial charge in [-0.05, 0) is 67.1 Å². The Balaban J connectivity index is 1.98. The molecule has 3 unspecified atom stereocenters. The number of allylic oxidation sites excluding steroid dienone is 3. The highest BCUT2D eigenvalue weighted by atomic mass is 14.6. The predicted molar refractivity (Wildman–Crippen MR) is 87.6 cm³/mol. The van der Waals surface area contributed by atoms with Crippen molar-refractivity contribution in [2.24, 2.45) is 22.2 Å². The van der Waals surface area contributed by atoms with Gasteiger partial charge in [-0.2, -0.15) is 0 Å². The van der Waals surface area contributed by atoms with Crippen LogP contribution in [0, 0.1) is 22.2 Å². The smallest absolute Gasteiger partial charge is 0.00803 e. The van der Waals surface area contributed by atoms with Gasteiger partial charge in [0.1, 0.15) is 0 Å². The molecular formula is C20H32. The Morgan fingerprint density at radius 3 is 2.50 bits per heavy atom. The van der Waals surface area contributed by atoms with Crippen molar-refractivity contribution in [2.45, 2.75) is 79.1 Å². The normalized spacial score (nSPS) is 43.7. The van der Waals surface area contributed by atoms with E-state index in [2.05, 4.69) is 40.3 Å². The van der Waals surface area contributed by atoms with Gasteiger partial charge in [-0.1, -0.05) is 51.3 Å². The van der Waals surface area contributed by atoms with Gasteiger partial charge in [-0.25, -0.2) is 0 Å². The number of fused-ring (bicyclic) bond motifs is 2. The minimum Gasteiger partial charge on any atom is -0.103 e. The highest BCUT2D eigenvalue weighted by Crippen LogP contribution is 2.62. The molecule has 0 radical (unpaired) electrons. The molecule has 1 fully saturated rings. The van der Waals surface area contributed by atoms with Crippen LogP contribution < -0.4 is 0 Å². The Hall–Kier alpha value is -0.520. The fourth-order valence-electron chi connectivity index (χ4n) is 5.88. The average molecular weight is 272 g/mol. The third-order valence-corrected chi connectivity index (χ3v) is 7.14. The molecule has 0 saturated heterocycles. The molecule has 0 aromatic rings. The summed E-state index contributed by atoms with van der Waals surface area (Å²) < 4.78 is 0. The van der Waals surface area contributed by atoms with E-state index in [0.29, 0.717) is 16.2 Å². The molecule has 0 heteroatoms. The van der Waals surface area contributed by atoms with E-state index < -0.39 is 0 Å². The third-order valence-electron chi connectivity index (χ3n) is 7.14. The highest BCUT2D eigenvalue weighted by Gasteiger charge is 2.51. The molecule has 0 aliphatic heterocycles. The Morgan fingerprint density at radius 1 is 1.05 bits per heavy atom. The number of hydrogen-bond donors (Lipinski definition) is 0. The molecule has 0 amide bonds. The van der Waals surface area contributed by atoms with Crippen molar-refractivity contribution < 1.29 is 0 Å². The van der Waals surface area contributed by atoms with Crippen molar-refractivity contribution in [1.82, 2.24) is 0 Å². The maximum atomic E-state index is 4.09. The summed E-state index contributed by atoms with van der Waals surface area (Å²) in [6.45, 7) is 14.1. The lowest BCUT2D eigenvalue weighted by atomic mass is 9.48. The molecule has 0 nitrogen and oxygen atoms in total.